The van der Waals surface area contributed by atoms with Crippen LogP contribution in [-0.2, 0) is 4.74 Å². The minimum Gasteiger partial charge on any atom is -0.368 e. The lowest BCUT2D eigenvalue weighted by atomic mass is 10.1. The van der Waals surface area contributed by atoms with E-state index in [1.54, 1.807) is 0 Å². The van der Waals surface area contributed by atoms with E-state index in [0.29, 0.717) is 6.10 Å². The average molecular weight is 159 g/mol. The van der Waals surface area contributed by atoms with Gasteiger partial charge in [0, 0.05) is 17.1 Å². The van der Waals surface area contributed by atoms with Gasteiger partial charge in [0.1, 0.15) is 6.10 Å². The highest BCUT2D eigenvalue weighted by molar-refractivity contribution is 5.83. The Morgan fingerprint density at radius 1 is 1.33 bits per heavy atom. The van der Waals surface area contributed by atoms with Crippen LogP contribution in [0.15, 0.2) is 30.5 Å². The van der Waals surface area contributed by atoms with Gasteiger partial charge in [-0.3, -0.25) is 0 Å². The summed E-state index contributed by atoms with van der Waals surface area (Å²) < 4.78 is 5.26. The number of rotatable bonds is 1. The Kier molecular flexibility index (Phi) is 1.10. The van der Waals surface area contributed by atoms with Crippen molar-refractivity contribution in [2.24, 2.45) is 0 Å². The van der Waals surface area contributed by atoms with E-state index >= 15 is 0 Å². The zero-order valence-corrected chi connectivity index (χ0v) is 6.58. The van der Waals surface area contributed by atoms with Crippen LogP contribution in [0.5, 0.6) is 0 Å². The summed E-state index contributed by atoms with van der Waals surface area (Å²) >= 11 is 0. The summed E-state index contributed by atoms with van der Waals surface area (Å²) in [6.07, 6.45) is 2.32. The number of fused-ring (bicyclic) bond motifs is 1. The quantitative estimate of drug-likeness (QED) is 0.635. The SMILES string of the molecule is c1cc([C@@H]2CO2)c2cc[nH]c2c1. The number of hydrogen-bond donors (Lipinski definition) is 1. The molecule has 12 heavy (non-hydrogen) atoms. The molecule has 2 heteroatoms. The van der Waals surface area contributed by atoms with Gasteiger partial charge in [-0.15, -0.1) is 0 Å². The molecule has 0 unspecified atom stereocenters. The summed E-state index contributed by atoms with van der Waals surface area (Å²) in [4.78, 5) is 3.19. The molecular formula is C10H9NO. The maximum atomic E-state index is 5.26. The summed E-state index contributed by atoms with van der Waals surface area (Å²) in [5.41, 5.74) is 2.51. The first-order chi connectivity index (χ1) is 5.95. The molecule has 0 bridgehead atoms. The van der Waals surface area contributed by atoms with E-state index in [1.807, 2.05) is 6.20 Å². The van der Waals surface area contributed by atoms with Crippen molar-refractivity contribution in [3.8, 4) is 0 Å². The first kappa shape index (κ1) is 6.26. The van der Waals surface area contributed by atoms with Crippen LogP contribution in [0.1, 0.15) is 11.7 Å². The van der Waals surface area contributed by atoms with Crippen LogP contribution in [-0.4, -0.2) is 11.6 Å². The zero-order chi connectivity index (χ0) is 7.97. The first-order valence-corrected chi connectivity index (χ1v) is 4.13. The van der Waals surface area contributed by atoms with E-state index in [2.05, 4.69) is 29.2 Å². The molecule has 2 heterocycles. The molecule has 1 aromatic carbocycles. The van der Waals surface area contributed by atoms with Crippen LogP contribution >= 0.6 is 0 Å². The van der Waals surface area contributed by atoms with Crippen LogP contribution in [0.25, 0.3) is 10.9 Å². The van der Waals surface area contributed by atoms with Crippen molar-refractivity contribution in [1.29, 1.82) is 0 Å². The molecule has 0 spiro atoms. The highest BCUT2D eigenvalue weighted by Gasteiger charge is 2.26. The van der Waals surface area contributed by atoms with Gasteiger partial charge in [-0.05, 0) is 17.7 Å². The Labute approximate surface area is 70.2 Å². The Bertz CT molecular complexity index is 414. The zero-order valence-electron chi connectivity index (χ0n) is 6.58. The molecule has 0 saturated carbocycles. The van der Waals surface area contributed by atoms with E-state index in [1.165, 1.54) is 16.5 Å². The predicted molar refractivity (Wildman–Crippen MR) is 47.0 cm³/mol. The lowest BCUT2D eigenvalue weighted by Crippen LogP contribution is -1.80. The van der Waals surface area contributed by atoms with Gasteiger partial charge in [-0.2, -0.15) is 0 Å². The molecule has 2 nitrogen and oxygen atoms in total. The largest absolute Gasteiger partial charge is 0.368 e. The third-order valence-electron chi connectivity index (χ3n) is 2.31. The Morgan fingerprint density at radius 3 is 3.08 bits per heavy atom. The van der Waals surface area contributed by atoms with Crippen LogP contribution in [0.3, 0.4) is 0 Å². The standard InChI is InChI=1S/C10H9NO/c1-2-8(10-6-12-10)7-4-5-11-9(7)3-1/h1-5,10-11H,6H2/t10-/m0/s1. The summed E-state index contributed by atoms with van der Waals surface area (Å²) in [6, 6.07) is 8.39. The Balaban J connectivity index is 2.32. The third-order valence-corrected chi connectivity index (χ3v) is 2.31. The number of hydrogen-bond acceptors (Lipinski definition) is 1. The van der Waals surface area contributed by atoms with Crippen molar-refractivity contribution in [2.75, 3.05) is 6.61 Å². The number of epoxide rings is 1. The van der Waals surface area contributed by atoms with Gasteiger partial charge in [0.05, 0.1) is 6.61 Å². The molecule has 1 atom stereocenters. The van der Waals surface area contributed by atoms with E-state index < -0.39 is 0 Å². The molecule has 1 saturated heterocycles. The van der Waals surface area contributed by atoms with E-state index in [-0.39, 0.29) is 0 Å². The summed E-state index contributed by atoms with van der Waals surface area (Å²) in [5, 5.41) is 1.29. The second-order valence-electron chi connectivity index (χ2n) is 3.11. The molecule has 1 aliphatic heterocycles. The fraction of sp³-hybridized carbons (Fsp3) is 0.200. The molecule has 1 aromatic heterocycles. The minimum absolute atomic E-state index is 0.351. The van der Waals surface area contributed by atoms with Crippen molar-refractivity contribution in [3.63, 3.8) is 0 Å². The Morgan fingerprint density at radius 2 is 2.25 bits per heavy atom. The minimum atomic E-state index is 0.351. The molecule has 3 rings (SSSR count). The summed E-state index contributed by atoms with van der Waals surface area (Å²) in [7, 11) is 0. The average Bonchev–Trinajstić information content (AvgIpc) is 2.82. The monoisotopic (exact) mass is 159 g/mol. The second kappa shape index (κ2) is 2.11. The number of ether oxygens (including phenoxy) is 1. The maximum Gasteiger partial charge on any atom is 0.107 e. The molecule has 0 aliphatic carbocycles. The van der Waals surface area contributed by atoms with E-state index in [9.17, 15) is 0 Å². The fourth-order valence-electron chi connectivity index (χ4n) is 1.62. The van der Waals surface area contributed by atoms with Crippen molar-refractivity contribution in [2.45, 2.75) is 6.10 Å². The van der Waals surface area contributed by atoms with Gasteiger partial charge >= 0.3 is 0 Å². The highest BCUT2D eigenvalue weighted by Crippen LogP contribution is 2.34. The van der Waals surface area contributed by atoms with E-state index in [0.717, 1.165) is 6.61 Å². The smallest absolute Gasteiger partial charge is 0.107 e. The molecule has 0 radical (unpaired) electrons. The van der Waals surface area contributed by atoms with Crippen molar-refractivity contribution >= 4 is 10.9 Å². The lowest BCUT2D eigenvalue weighted by molar-refractivity contribution is 0.417. The number of benzene rings is 1. The van der Waals surface area contributed by atoms with Crippen LogP contribution in [0, 0.1) is 0 Å². The molecule has 2 aromatic rings. The van der Waals surface area contributed by atoms with Crippen LogP contribution in [0.2, 0.25) is 0 Å². The van der Waals surface area contributed by atoms with Crippen molar-refractivity contribution < 1.29 is 4.74 Å². The number of H-pyrrole nitrogens is 1. The summed E-state index contributed by atoms with van der Waals surface area (Å²) in [6.45, 7) is 0.879. The van der Waals surface area contributed by atoms with Gasteiger partial charge in [-0.1, -0.05) is 12.1 Å². The number of nitrogens with one attached hydrogen (secondary N) is 1. The number of aromatic amines is 1. The van der Waals surface area contributed by atoms with E-state index in [4.69, 9.17) is 4.74 Å². The molecule has 0 amide bonds. The van der Waals surface area contributed by atoms with Crippen molar-refractivity contribution in [3.05, 3.63) is 36.0 Å². The van der Waals surface area contributed by atoms with Gasteiger partial charge in [0.2, 0.25) is 0 Å². The fourth-order valence-corrected chi connectivity index (χ4v) is 1.62. The molecule has 60 valence electrons. The second-order valence-corrected chi connectivity index (χ2v) is 3.11. The Hall–Kier alpha value is -1.28. The van der Waals surface area contributed by atoms with Crippen LogP contribution in [0.4, 0.5) is 0 Å². The van der Waals surface area contributed by atoms with Gasteiger partial charge in [0.25, 0.3) is 0 Å². The molecule has 1 N–H and O–H groups in total. The molecule has 1 aliphatic rings. The summed E-state index contributed by atoms with van der Waals surface area (Å²) in [5.74, 6) is 0. The van der Waals surface area contributed by atoms with Crippen LogP contribution < -0.4 is 0 Å². The highest BCUT2D eigenvalue weighted by atomic mass is 16.6. The molecular weight excluding hydrogens is 150 g/mol. The topological polar surface area (TPSA) is 28.3 Å². The third kappa shape index (κ3) is 0.786. The van der Waals surface area contributed by atoms with Gasteiger partial charge in [0.15, 0.2) is 0 Å². The van der Waals surface area contributed by atoms with Gasteiger partial charge in [-0.25, -0.2) is 0 Å². The van der Waals surface area contributed by atoms with Crippen molar-refractivity contribution in [1.82, 2.24) is 4.98 Å². The number of aromatic nitrogens is 1. The molecule has 1 fully saturated rings. The lowest BCUT2D eigenvalue weighted by Gasteiger charge is -1.96. The predicted octanol–water partition coefficient (Wildman–Crippen LogP) is 2.24. The maximum absolute atomic E-state index is 5.26. The first-order valence-electron chi connectivity index (χ1n) is 4.13. The van der Waals surface area contributed by atoms with Gasteiger partial charge < -0.3 is 9.72 Å². The normalized spacial score (nSPS) is 21.5.